The predicted molar refractivity (Wildman–Crippen MR) is 66.3 cm³/mol. The van der Waals surface area contributed by atoms with Gasteiger partial charge in [-0.1, -0.05) is 28.1 Å². The van der Waals surface area contributed by atoms with Gasteiger partial charge in [0.05, 0.1) is 16.3 Å². The molecule has 1 aromatic rings. The van der Waals surface area contributed by atoms with Crippen LogP contribution in [0.2, 0.25) is 0 Å². The molecule has 0 aliphatic heterocycles. The zero-order valence-electron chi connectivity index (χ0n) is 9.43. The lowest BCUT2D eigenvalue weighted by Gasteiger charge is -2.01. The van der Waals surface area contributed by atoms with Crippen LogP contribution in [0.4, 0.5) is 0 Å². The molecule has 0 saturated heterocycles. The van der Waals surface area contributed by atoms with E-state index in [2.05, 4.69) is 26.2 Å². The van der Waals surface area contributed by atoms with Gasteiger partial charge < -0.3 is 0 Å². The van der Waals surface area contributed by atoms with Gasteiger partial charge in [-0.25, -0.2) is 8.42 Å². The molecule has 0 saturated carbocycles. The molecule has 0 aliphatic carbocycles. The van der Waals surface area contributed by atoms with Crippen molar-refractivity contribution >= 4 is 25.8 Å². The number of hydrogen-bond donors (Lipinski definition) is 0. The molecule has 5 nitrogen and oxygen atoms in total. The van der Waals surface area contributed by atoms with Crippen molar-refractivity contribution in [2.45, 2.75) is 31.6 Å². The molecule has 92 valence electrons. The van der Waals surface area contributed by atoms with E-state index < -0.39 is 9.84 Å². The highest BCUT2D eigenvalue weighted by Crippen LogP contribution is 2.17. The molecule has 1 heterocycles. The van der Waals surface area contributed by atoms with Crippen LogP contribution in [-0.4, -0.2) is 34.9 Å². The Labute approximate surface area is 104 Å². The normalized spacial score (nSPS) is 13.9. The monoisotopic (exact) mass is 309 g/mol. The summed E-state index contributed by atoms with van der Waals surface area (Å²) in [4.78, 5) is 0.167. The maximum Gasteiger partial charge on any atom is 0.150 e. The standard InChI is InChI=1S/C9H16BrN3O2S/c1-3-16(14,15)6-4-5-13-7-9(8(2)10)11-12-13/h7-8H,3-6H2,1-2H3. The van der Waals surface area contributed by atoms with Crippen LogP contribution in [0.15, 0.2) is 6.20 Å². The van der Waals surface area contributed by atoms with Crippen molar-refractivity contribution < 1.29 is 8.42 Å². The second kappa shape index (κ2) is 5.77. The minimum atomic E-state index is -2.87. The average molecular weight is 310 g/mol. The maximum atomic E-state index is 11.3. The molecule has 0 bridgehead atoms. The summed E-state index contributed by atoms with van der Waals surface area (Å²) in [6.45, 7) is 4.22. The summed E-state index contributed by atoms with van der Waals surface area (Å²) in [6, 6.07) is 0. The van der Waals surface area contributed by atoms with Crippen molar-refractivity contribution in [1.82, 2.24) is 15.0 Å². The number of aromatic nitrogens is 3. The van der Waals surface area contributed by atoms with Crippen molar-refractivity contribution in [2.24, 2.45) is 0 Å². The summed E-state index contributed by atoms with van der Waals surface area (Å²) in [7, 11) is -2.87. The van der Waals surface area contributed by atoms with Gasteiger partial charge in [-0.2, -0.15) is 0 Å². The van der Waals surface area contributed by atoms with Gasteiger partial charge in [-0.15, -0.1) is 5.10 Å². The number of alkyl halides is 1. The summed E-state index contributed by atoms with van der Waals surface area (Å²) in [6.07, 6.45) is 2.41. The number of hydrogen-bond acceptors (Lipinski definition) is 4. The molecule has 1 atom stereocenters. The van der Waals surface area contributed by atoms with Crippen LogP contribution in [0.25, 0.3) is 0 Å². The fourth-order valence-corrected chi connectivity index (χ4v) is 2.26. The summed E-state index contributed by atoms with van der Waals surface area (Å²) in [5, 5.41) is 7.89. The minimum absolute atomic E-state index is 0.167. The fraction of sp³-hybridized carbons (Fsp3) is 0.778. The quantitative estimate of drug-likeness (QED) is 0.748. The third-order valence-corrected chi connectivity index (χ3v) is 4.51. The van der Waals surface area contributed by atoms with Gasteiger partial charge in [0, 0.05) is 18.5 Å². The first-order chi connectivity index (χ1) is 7.44. The van der Waals surface area contributed by atoms with E-state index in [0.29, 0.717) is 13.0 Å². The average Bonchev–Trinajstić information content (AvgIpc) is 2.66. The zero-order chi connectivity index (χ0) is 12.2. The molecule has 0 spiro atoms. The Morgan fingerprint density at radius 1 is 1.56 bits per heavy atom. The molecule has 1 aromatic heterocycles. The Morgan fingerprint density at radius 2 is 2.25 bits per heavy atom. The molecule has 1 rings (SSSR count). The molecule has 0 N–H and O–H groups in total. The van der Waals surface area contributed by atoms with Gasteiger partial charge in [0.25, 0.3) is 0 Å². The first kappa shape index (κ1) is 13.6. The lowest BCUT2D eigenvalue weighted by molar-refractivity contribution is 0.562. The van der Waals surface area contributed by atoms with Crippen LogP contribution in [0.5, 0.6) is 0 Å². The van der Waals surface area contributed by atoms with Gasteiger partial charge in [0.1, 0.15) is 9.84 Å². The van der Waals surface area contributed by atoms with E-state index >= 15 is 0 Å². The highest BCUT2D eigenvalue weighted by atomic mass is 79.9. The second-order valence-electron chi connectivity index (χ2n) is 3.61. The van der Waals surface area contributed by atoms with Crippen LogP contribution in [0, 0.1) is 0 Å². The highest BCUT2D eigenvalue weighted by Gasteiger charge is 2.09. The summed E-state index contributed by atoms with van der Waals surface area (Å²) in [5.41, 5.74) is 0.860. The van der Waals surface area contributed by atoms with Crippen molar-refractivity contribution in [3.8, 4) is 0 Å². The second-order valence-corrected chi connectivity index (χ2v) is 7.46. The molecule has 16 heavy (non-hydrogen) atoms. The summed E-state index contributed by atoms with van der Waals surface area (Å²) in [5.74, 6) is 0.413. The van der Waals surface area contributed by atoms with E-state index in [0.717, 1.165) is 5.69 Å². The van der Waals surface area contributed by atoms with Crippen LogP contribution in [0.3, 0.4) is 0 Å². The van der Waals surface area contributed by atoms with Crippen molar-refractivity contribution in [3.05, 3.63) is 11.9 Å². The van der Waals surface area contributed by atoms with E-state index in [1.54, 1.807) is 11.6 Å². The van der Waals surface area contributed by atoms with Gasteiger partial charge >= 0.3 is 0 Å². The smallest absolute Gasteiger partial charge is 0.150 e. The van der Waals surface area contributed by atoms with Gasteiger partial charge in [-0.05, 0) is 13.3 Å². The minimum Gasteiger partial charge on any atom is -0.252 e. The van der Waals surface area contributed by atoms with E-state index in [1.807, 2.05) is 13.1 Å². The Bertz CT molecular complexity index is 428. The van der Waals surface area contributed by atoms with Gasteiger partial charge in [-0.3, -0.25) is 4.68 Å². The SMILES string of the molecule is CCS(=O)(=O)CCCn1cc(C(C)Br)nn1. The lowest BCUT2D eigenvalue weighted by Crippen LogP contribution is -2.11. The van der Waals surface area contributed by atoms with Crippen molar-refractivity contribution in [2.75, 3.05) is 11.5 Å². The maximum absolute atomic E-state index is 11.3. The van der Waals surface area contributed by atoms with Crippen molar-refractivity contribution in [3.63, 3.8) is 0 Å². The first-order valence-corrected chi connectivity index (χ1v) is 7.93. The molecule has 0 fully saturated rings. The third kappa shape index (κ3) is 4.21. The topological polar surface area (TPSA) is 64.8 Å². The molecular weight excluding hydrogens is 294 g/mol. The fourth-order valence-electron chi connectivity index (χ4n) is 1.20. The molecule has 1 unspecified atom stereocenters. The number of rotatable bonds is 6. The predicted octanol–water partition coefficient (Wildman–Crippen LogP) is 1.56. The third-order valence-electron chi connectivity index (χ3n) is 2.25. The van der Waals surface area contributed by atoms with Gasteiger partial charge in [0.2, 0.25) is 0 Å². The number of aryl methyl sites for hydroxylation is 1. The molecule has 0 radical (unpaired) electrons. The Kier molecular flexibility index (Phi) is 4.91. The summed E-state index contributed by atoms with van der Waals surface area (Å²) >= 11 is 3.40. The van der Waals surface area contributed by atoms with Crippen LogP contribution in [0.1, 0.15) is 30.8 Å². The molecular formula is C9H16BrN3O2S. The largest absolute Gasteiger partial charge is 0.252 e. The van der Waals surface area contributed by atoms with E-state index in [1.165, 1.54) is 0 Å². The van der Waals surface area contributed by atoms with E-state index in [9.17, 15) is 8.42 Å². The van der Waals surface area contributed by atoms with E-state index in [4.69, 9.17) is 0 Å². The Morgan fingerprint density at radius 3 is 2.75 bits per heavy atom. The summed E-state index contributed by atoms with van der Waals surface area (Å²) < 4.78 is 24.2. The van der Waals surface area contributed by atoms with Crippen LogP contribution >= 0.6 is 15.9 Å². The zero-order valence-corrected chi connectivity index (χ0v) is 11.8. The molecule has 7 heteroatoms. The number of halogens is 1. The molecule has 0 amide bonds. The lowest BCUT2D eigenvalue weighted by atomic mass is 10.4. The number of sulfone groups is 1. The van der Waals surface area contributed by atoms with Crippen molar-refractivity contribution in [1.29, 1.82) is 0 Å². The Balaban J connectivity index is 2.43. The van der Waals surface area contributed by atoms with Crippen LogP contribution in [-0.2, 0) is 16.4 Å². The Hall–Kier alpha value is -0.430. The number of nitrogens with zero attached hydrogens (tertiary/aromatic N) is 3. The first-order valence-electron chi connectivity index (χ1n) is 5.19. The van der Waals surface area contributed by atoms with Crippen LogP contribution < -0.4 is 0 Å². The molecule has 0 aliphatic rings. The van der Waals surface area contributed by atoms with Gasteiger partial charge in [0.15, 0.2) is 0 Å². The highest BCUT2D eigenvalue weighted by molar-refractivity contribution is 9.09. The molecule has 0 aromatic carbocycles. The van der Waals surface area contributed by atoms with E-state index in [-0.39, 0.29) is 16.3 Å².